The third-order valence-electron chi connectivity index (χ3n) is 8.70. The molecule has 1 aromatic heterocycles. The third kappa shape index (κ3) is 5.78. The molecular weight excluding hydrogens is 512 g/mol. The van der Waals surface area contributed by atoms with Gasteiger partial charge in [0.1, 0.15) is 5.82 Å². The van der Waals surface area contributed by atoms with Crippen LogP contribution in [0.1, 0.15) is 23.5 Å². The van der Waals surface area contributed by atoms with Crippen molar-refractivity contribution in [1.29, 1.82) is 0 Å². The van der Waals surface area contributed by atoms with Gasteiger partial charge in [-0.25, -0.2) is 9.78 Å². The van der Waals surface area contributed by atoms with E-state index in [-0.39, 0.29) is 18.0 Å². The summed E-state index contributed by atoms with van der Waals surface area (Å²) in [7, 11) is 3.99. The van der Waals surface area contributed by atoms with Gasteiger partial charge >= 0.3 is 6.03 Å². The van der Waals surface area contributed by atoms with Gasteiger partial charge in [0.2, 0.25) is 5.95 Å². The zero-order valence-electron chi connectivity index (χ0n) is 24.1. The van der Waals surface area contributed by atoms with Crippen molar-refractivity contribution < 1.29 is 4.79 Å². The Kier molecular flexibility index (Phi) is 7.89. The van der Waals surface area contributed by atoms with Gasteiger partial charge in [-0.15, -0.1) is 6.58 Å². The molecule has 4 heterocycles. The molecule has 0 aliphatic carbocycles. The van der Waals surface area contributed by atoms with Gasteiger partial charge in [0.25, 0.3) is 0 Å². The Labute approximate surface area is 243 Å². The lowest BCUT2D eigenvalue weighted by Gasteiger charge is -2.46. The number of likely N-dealkylation sites (tertiary alicyclic amines) is 1. The summed E-state index contributed by atoms with van der Waals surface area (Å²) in [6.45, 7) is 11.4. The second-order valence-electron chi connectivity index (χ2n) is 11.4. The fraction of sp³-hybridized carbons (Fsp3) is 0.406. The minimum Gasteiger partial charge on any atom is -0.369 e. The van der Waals surface area contributed by atoms with Crippen LogP contribution >= 0.6 is 0 Å². The minimum atomic E-state index is -0.0122. The molecule has 0 bridgehead atoms. The average molecular weight is 553 g/mol. The van der Waals surface area contributed by atoms with Gasteiger partial charge in [0.15, 0.2) is 0 Å². The first-order valence-electron chi connectivity index (χ1n) is 14.6. The highest BCUT2D eigenvalue weighted by atomic mass is 16.2. The molecule has 2 atom stereocenters. The van der Waals surface area contributed by atoms with Crippen LogP contribution in [-0.2, 0) is 6.54 Å². The zero-order chi connectivity index (χ0) is 28.3. The number of benzene rings is 2. The van der Waals surface area contributed by atoms with Crippen LogP contribution < -0.4 is 15.1 Å². The summed E-state index contributed by atoms with van der Waals surface area (Å²) < 4.78 is 0. The van der Waals surface area contributed by atoms with Crippen LogP contribution in [0, 0.1) is 0 Å². The van der Waals surface area contributed by atoms with Gasteiger partial charge in [-0.2, -0.15) is 4.98 Å². The minimum absolute atomic E-state index is 0.0122. The molecule has 2 aromatic carbocycles. The molecular formula is C32H40N8O. The first-order chi connectivity index (χ1) is 20.0. The maximum Gasteiger partial charge on any atom is 0.325 e. The number of hydrogen-bond acceptors (Lipinski definition) is 7. The Morgan fingerprint density at radius 1 is 1.00 bits per heavy atom. The van der Waals surface area contributed by atoms with Crippen molar-refractivity contribution in [3.8, 4) is 0 Å². The lowest BCUT2D eigenvalue weighted by Crippen LogP contribution is -2.56. The van der Waals surface area contributed by atoms with Crippen LogP contribution in [0.15, 0.2) is 73.4 Å². The van der Waals surface area contributed by atoms with E-state index in [1.54, 1.807) is 4.90 Å². The molecule has 0 radical (unpaired) electrons. The van der Waals surface area contributed by atoms with Gasteiger partial charge < -0.3 is 20.0 Å². The summed E-state index contributed by atoms with van der Waals surface area (Å²) in [5.41, 5.74) is 4.38. The van der Waals surface area contributed by atoms with Crippen LogP contribution in [0.5, 0.6) is 0 Å². The molecule has 9 nitrogen and oxygen atoms in total. The molecule has 9 heteroatoms. The molecule has 0 saturated carbocycles. The van der Waals surface area contributed by atoms with Crippen LogP contribution in [-0.4, -0.2) is 96.6 Å². The number of piperidine rings is 1. The molecule has 2 saturated heterocycles. The van der Waals surface area contributed by atoms with E-state index in [4.69, 9.17) is 4.98 Å². The molecule has 3 aliphatic rings. The van der Waals surface area contributed by atoms with E-state index in [1.807, 2.05) is 30.3 Å². The van der Waals surface area contributed by atoms with Crippen LogP contribution in [0.25, 0.3) is 0 Å². The van der Waals surface area contributed by atoms with E-state index >= 15 is 0 Å². The number of urea groups is 1. The number of nitrogens with one attached hydrogen (secondary N) is 1. The summed E-state index contributed by atoms with van der Waals surface area (Å²) in [5.74, 6) is 1.38. The van der Waals surface area contributed by atoms with Crippen molar-refractivity contribution >= 4 is 29.2 Å². The number of aromatic nitrogens is 2. The van der Waals surface area contributed by atoms with Gasteiger partial charge in [0, 0.05) is 88.0 Å². The van der Waals surface area contributed by atoms with E-state index in [2.05, 4.69) is 87.2 Å². The van der Waals surface area contributed by atoms with Gasteiger partial charge in [-0.1, -0.05) is 36.4 Å². The normalized spacial score (nSPS) is 22.0. The molecule has 2 amide bonds. The quantitative estimate of drug-likeness (QED) is 0.436. The fourth-order valence-corrected chi connectivity index (χ4v) is 6.36. The number of amides is 2. The molecule has 0 spiro atoms. The molecule has 2 fully saturated rings. The topological polar surface area (TPSA) is 71.1 Å². The molecule has 6 rings (SSSR count). The van der Waals surface area contributed by atoms with Crippen molar-refractivity contribution in [3.63, 3.8) is 0 Å². The third-order valence-corrected chi connectivity index (χ3v) is 8.70. The van der Waals surface area contributed by atoms with Crippen molar-refractivity contribution in [3.05, 3.63) is 84.6 Å². The maximum atomic E-state index is 13.8. The number of nitrogens with zero attached hydrogens (tertiary/aromatic N) is 7. The average Bonchev–Trinajstić information content (AvgIpc) is 3.01. The smallest absolute Gasteiger partial charge is 0.325 e. The second-order valence-corrected chi connectivity index (χ2v) is 11.4. The molecule has 3 aliphatic heterocycles. The Balaban J connectivity index is 1.18. The highest BCUT2D eigenvalue weighted by Crippen LogP contribution is 2.36. The summed E-state index contributed by atoms with van der Waals surface area (Å²) in [6.07, 6.45) is 4.74. The van der Waals surface area contributed by atoms with Crippen molar-refractivity contribution in [2.24, 2.45) is 0 Å². The number of rotatable bonds is 7. The molecule has 214 valence electrons. The first-order valence-corrected chi connectivity index (χ1v) is 14.6. The Morgan fingerprint density at radius 3 is 2.49 bits per heavy atom. The van der Waals surface area contributed by atoms with E-state index in [0.717, 1.165) is 63.5 Å². The number of hydrogen-bond donors (Lipinski definition) is 1. The van der Waals surface area contributed by atoms with Crippen molar-refractivity contribution in [1.82, 2.24) is 24.7 Å². The van der Waals surface area contributed by atoms with E-state index in [1.165, 1.54) is 11.3 Å². The number of carbonyl (C=O) groups is 1. The predicted octanol–water partition coefficient (Wildman–Crippen LogP) is 4.39. The van der Waals surface area contributed by atoms with Crippen LogP contribution in [0.2, 0.25) is 0 Å². The fourth-order valence-electron chi connectivity index (χ4n) is 6.36. The number of likely N-dealkylation sites (N-methyl/N-ethyl adjacent to an activating group) is 1. The maximum absolute atomic E-state index is 13.8. The lowest BCUT2D eigenvalue weighted by molar-refractivity contribution is 0.105. The SMILES string of the molecule is C=CCN1CCC(N2Cc3cnc(Nc4ccc(N5CCN(C)CC5)cc4)nc3N(C)C2=O)C(c2ccccc2)C1. The summed E-state index contributed by atoms with van der Waals surface area (Å²) >= 11 is 0. The van der Waals surface area contributed by atoms with Crippen LogP contribution in [0.3, 0.4) is 0 Å². The number of piperazine rings is 1. The standard InChI is InChI=1S/C32H40N8O/c1-4-15-38-16-14-29(28(23-38)24-8-6-5-7-9-24)40-22-25-21-33-31(35-30(25)37(3)32(40)41)34-26-10-12-27(13-11-26)39-19-17-36(2)18-20-39/h4-13,21,28-29H,1,14-20,22-23H2,2-3H3,(H,33,34,35). The number of carbonyl (C=O) groups excluding carboxylic acids is 1. The van der Waals surface area contributed by atoms with Crippen molar-refractivity contribution in [2.75, 3.05) is 75.0 Å². The monoisotopic (exact) mass is 552 g/mol. The Hall–Kier alpha value is -3.95. The highest BCUT2D eigenvalue weighted by Gasteiger charge is 2.40. The summed E-state index contributed by atoms with van der Waals surface area (Å²) in [6, 6.07) is 19.1. The highest BCUT2D eigenvalue weighted by molar-refractivity contribution is 5.93. The van der Waals surface area contributed by atoms with Gasteiger partial charge in [-0.05, 0) is 43.3 Å². The number of fused-ring (bicyclic) bond motifs is 1. The van der Waals surface area contributed by atoms with Crippen molar-refractivity contribution in [2.45, 2.75) is 24.9 Å². The Bertz CT molecular complexity index is 1360. The molecule has 41 heavy (non-hydrogen) atoms. The van der Waals surface area contributed by atoms with Gasteiger partial charge in [0.05, 0.1) is 6.54 Å². The van der Waals surface area contributed by atoms with Crippen LogP contribution in [0.4, 0.5) is 27.9 Å². The van der Waals surface area contributed by atoms with E-state index in [0.29, 0.717) is 18.3 Å². The molecule has 2 unspecified atom stereocenters. The Morgan fingerprint density at radius 2 is 1.76 bits per heavy atom. The van der Waals surface area contributed by atoms with Gasteiger partial charge in [-0.3, -0.25) is 9.80 Å². The zero-order valence-corrected chi connectivity index (χ0v) is 24.1. The lowest BCUT2D eigenvalue weighted by atomic mass is 9.84. The summed E-state index contributed by atoms with van der Waals surface area (Å²) in [4.78, 5) is 34.1. The molecule has 3 aromatic rings. The summed E-state index contributed by atoms with van der Waals surface area (Å²) in [5, 5.41) is 3.33. The second kappa shape index (κ2) is 11.9. The number of anilines is 4. The van der Waals surface area contributed by atoms with E-state index in [9.17, 15) is 4.79 Å². The largest absolute Gasteiger partial charge is 0.369 e. The molecule has 1 N–H and O–H groups in total. The predicted molar refractivity (Wildman–Crippen MR) is 165 cm³/mol. The van der Waals surface area contributed by atoms with E-state index < -0.39 is 0 Å². The first kappa shape index (κ1) is 27.2.